The molecular weight excluding hydrogens is 415 g/mol. The zero-order valence-electron chi connectivity index (χ0n) is 17.1. The quantitative estimate of drug-likeness (QED) is 0.517. The van der Waals surface area contributed by atoms with Crippen LogP contribution in [0.4, 0.5) is 20.8 Å². The van der Waals surface area contributed by atoms with Gasteiger partial charge in [-0.15, -0.1) is 11.3 Å². The number of primary amides is 1. The van der Waals surface area contributed by atoms with Crippen molar-refractivity contribution in [1.82, 2.24) is 20.3 Å². The van der Waals surface area contributed by atoms with Crippen LogP contribution in [0.15, 0.2) is 30.6 Å². The normalized spacial score (nSPS) is 17.1. The number of aromatic nitrogens is 3. The number of hydrogen-bond donors (Lipinski definition) is 3. The first kappa shape index (κ1) is 19.9. The highest BCUT2D eigenvalue weighted by Gasteiger charge is 2.42. The van der Waals surface area contributed by atoms with Crippen molar-refractivity contribution in [3.63, 3.8) is 0 Å². The summed E-state index contributed by atoms with van der Waals surface area (Å²) in [5.74, 6) is 0.258. The fourth-order valence-corrected chi connectivity index (χ4v) is 5.10. The zero-order chi connectivity index (χ0) is 21.6. The van der Waals surface area contributed by atoms with Crippen LogP contribution in [0.1, 0.15) is 54.3 Å². The van der Waals surface area contributed by atoms with Gasteiger partial charge in [0.05, 0.1) is 22.3 Å². The van der Waals surface area contributed by atoms with Crippen LogP contribution in [0, 0.1) is 12.7 Å². The molecule has 0 spiro atoms. The predicted octanol–water partition coefficient (Wildman–Crippen LogP) is 4.72. The van der Waals surface area contributed by atoms with Crippen LogP contribution in [0.2, 0.25) is 0 Å². The summed E-state index contributed by atoms with van der Waals surface area (Å²) in [4.78, 5) is 25.5. The van der Waals surface area contributed by atoms with Gasteiger partial charge in [0.15, 0.2) is 5.82 Å². The van der Waals surface area contributed by atoms with E-state index < -0.39 is 11.6 Å². The number of hydrogen-bond acceptors (Lipinski definition) is 6. The first-order chi connectivity index (χ1) is 14.9. The van der Waals surface area contributed by atoms with Gasteiger partial charge in [0.2, 0.25) is 5.95 Å². The Morgan fingerprint density at radius 1 is 1.23 bits per heavy atom. The van der Waals surface area contributed by atoms with Crippen molar-refractivity contribution >= 4 is 29.0 Å². The molecule has 160 valence electrons. The van der Waals surface area contributed by atoms with Gasteiger partial charge in [-0.05, 0) is 62.3 Å². The van der Waals surface area contributed by atoms with Gasteiger partial charge < -0.3 is 16.4 Å². The molecule has 3 aromatic rings. The van der Waals surface area contributed by atoms with Crippen molar-refractivity contribution < 1.29 is 9.18 Å². The van der Waals surface area contributed by atoms with Gasteiger partial charge in [0.25, 0.3) is 0 Å². The molecule has 9 heteroatoms. The van der Waals surface area contributed by atoms with Gasteiger partial charge in [-0.2, -0.15) is 0 Å². The van der Waals surface area contributed by atoms with E-state index in [1.54, 1.807) is 11.3 Å². The van der Waals surface area contributed by atoms with Crippen molar-refractivity contribution in [3.05, 3.63) is 52.7 Å². The van der Waals surface area contributed by atoms with Crippen LogP contribution in [-0.4, -0.2) is 21.0 Å². The molecule has 0 atom stereocenters. The molecule has 2 fully saturated rings. The molecule has 0 bridgehead atoms. The Bertz CT molecular complexity index is 1150. The Kier molecular flexibility index (Phi) is 4.85. The smallest absolute Gasteiger partial charge is 0.312 e. The average Bonchev–Trinajstić information content (AvgIpc) is 3.41. The Morgan fingerprint density at radius 2 is 2.03 bits per heavy atom. The maximum Gasteiger partial charge on any atom is 0.312 e. The largest absolute Gasteiger partial charge is 0.352 e. The lowest BCUT2D eigenvalue weighted by Crippen LogP contribution is -2.52. The molecule has 0 aliphatic heterocycles. The summed E-state index contributed by atoms with van der Waals surface area (Å²) in [6.45, 7) is 2.01. The van der Waals surface area contributed by atoms with Crippen LogP contribution in [0.25, 0.3) is 10.4 Å². The van der Waals surface area contributed by atoms with Gasteiger partial charge >= 0.3 is 6.03 Å². The van der Waals surface area contributed by atoms with Crippen LogP contribution in [0.3, 0.4) is 0 Å². The zero-order valence-corrected chi connectivity index (χ0v) is 17.9. The lowest BCUT2D eigenvalue weighted by molar-refractivity contribution is 0.182. The lowest BCUT2D eigenvalue weighted by Gasteiger charge is -2.40. The van der Waals surface area contributed by atoms with E-state index in [-0.39, 0.29) is 11.7 Å². The Morgan fingerprint density at radius 3 is 2.71 bits per heavy atom. The monoisotopic (exact) mass is 438 g/mol. The molecular formula is C22H23FN6OS. The number of amides is 2. The third-order valence-electron chi connectivity index (χ3n) is 5.84. The number of carbonyl (C=O) groups is 1. The van der Waals surface area contributed by atoms with Crippen LogP contribution >= 0.6 is 11.3 Å². The molecule has 0 saturated heterocycles. The Balaban J connectivity index is 1.41. The summed E-state index contributed by atoms with van der Waals surface area (Å²) in [5.41, 5.74) is 8.32. The molecule has 7 nitrogen and oxygen atoms in total. The van der Waals surface area contributed by atoms with E-state index in [0.29, 0.717) is 11.6 Å². The summed E-state index contributed by atoms with van der Waals surface area (Å²) in [7, 11) is 0. The molecule has 2 aliphatic carbocycles. The summed E-state index contributed by atoms with van der Waals surface area (Å²) >= 11 is 1.56. The minimum atomic E-state index is -0.525. The van der Waals surface area contributed by atoms with Crippen LogP contribution in [-0.2, 0) is 5.54 Å². The van der Waals surface area contributed by atoms with Gasteiger partial charge in [0, 0.05) is 17.8 Å². The number of benzene rings is 1. The number of carbonyl (C=O) groups excluding carboxylic acids is 1. The van der Waals surface area contributed by atoms with Gasteiger partial charge in [-0.25, -0.2) is 24.1 Å². The first-order valence-corrected chi connectivity index (χ1v) is 11.2. The Labute approximate surface area is 183 Å². The number of halogens is 1. The van der Waals surface area contributed by atoms with E-state index in [4.69, 9.17) is 5.73 Å². The van der Waals surface area contributed by atoms with E-state index in [2.05, 4.69) is 31.7 Å². The molecule has 2 aromatic heterocycles. The predicted molar refractivity (Wildman–Crippen MR) is 118 cm³/mol. The number of nitrogens with zero attached hydrogens (tertiary/aromatic N) is 3. The number of anilines is 2. The molecule has 0 unspecified atom stereocenters. The van der Waals surface area contributed by atoms with Crippen molar-refractivity contribution in [3.8, 4) is 10.4 Å². The molecule has 4 N–H and O–H groups in total. The highest BCUT2D eigenvalue weighted by atomic mass is 32.1. The summed E-state index contributed by atoms with van der Waals surface area (Å²) in [6, 6.07) is 5.56. The second-order valence-corrected chi connectivity index (χ2v) is 9.40. The van der Waals surface area contributed by atoms with Crippen molar-refractivity contribution in [2.24, 2.45) is 5.73 Å². The van der Waals surface area contributed by atoms with E-state index >= 15 is 0 Å². The number of rotatable bonds is 6. The number of thiazole rings is 1. The number of nitrogens with two attached hydrogens (primary N) is 1. The van der Waals surface area contributed by atoms with E-state index in [1.165, 1.54) is 6.20 Å². The van der Waals surface area contributed by atoms with Gasteiger partial charge in [0.1, 0.15) is 5.01 Å². The van der Waals surface area contributed by atoms with E-state index in [0.717, 1.165) is 58.8 Å². The molecule has 2 saturated carbocycles. The highest BCUT2D eigenvalue weighted by molar-refractivity contribution is 7.15. The van der Waals surface area contributed by atoms with E-state index in [9.17, 15) is 9.18 Å². The van der Waals surface area contributed by atoms with Crippen molar-refractivity contribution in [1.29, 1.82) is 0 Å². The topological polar surface area (TPSA) is 106 Å². The maximum absolute atomic E-state index is 14.0. The Hall–Kier alpha value is -3.07. The van der Waals surface area contributed by atoms with Crippen LogP contribution < -0.4 is 16.4 Å². The highest BCUT2D eigenvalue weighted by Crippen LogP contribution is 2.44. The second kappa shape index (κ2) is 7.56. The standard InChI is InChI=1S/C22H23FN6OS/c1-12-7-14(17-11-25-19(31-17)22(5-2-6-22)29-20(24)30)9-15(8-12)27-21-26-10-16(23)18(28-21)13-3-4-13/h7-11,13H,2-6H2,1H3,(H3,24,29,30)(H,26,27,28). The molecule has 2 aliphatic rings. The molecule has 2 amide bonds. The minimum Gasteiger partial charge on any atom is -0.352 e. The fourth-order valence-electron chi connectivity index (χ4n) is 4.00. The summed E-state index contributed by atoms with van der Waals surface area (Å²) in [5, 5.41) is 6.97. The number of aryl methyl sites for hydroxylation is 1. The maximum atomic E-state index is 14.0. The minimum absolute atomic E-state index is 0.208. The fraction of sp³-hybridized carbons (Fsp3) is 0.364. The van der Waals surface area contributed by atoms with E-state index in [1.807, 2.05) is 25.3 Å². The van der Waals surface area contributed by atoms with Gasteiger partial charge in [-0.1, -0.05) is 6.07 Å². The number of nitrogens with one attached hydrogen (secondary N) is 2. The molecule has 31 heavy (non-hydrogen) atoms. The molecule has 5 rings (SSSR count). The summed E-state index contributed by atoms with van der Waals surface area (Å²) < 4.78 is 14.0. The SMILES string of the molecule is Cc1cc(Nc2ncc(F)c(C3CC3)n2)cc(-c2cnc(C3(NC(N)=O)CCC3)s2)c1. The van der Waals surface area contributed by atoms with Crippen molar-refractivity contribution in [2.45, 2.75) is 50.5 Å². The average molecular weight is 439 g/mol. The summed E-state index contributed by atoms with van der Waals surface area (Å²) in [6.07, 6.45) is 7.74. The van der Waals surface area contributed by atoms with Crippen LogP contribution in [0.5, 0.6) is 0 Å². The molecule has 0 radical (unpaired) electrons. The number of urea groups is 1. The third-order valence-corrected chi connectivity index (χ3v) is 7.09. The molecule has 2 heterocycles. The van der Waals surface area contributed by atoms with Crippen molar-refractivity contribution in [2.75, 3.05) is 5.32 Å². The lowest BCUT2D eigenvalue weighted by atomic mass is 9.77. The first-order valence-electron chi connectivity index (χ1n) is 10.4. The molecule has 1 aromatic carbocycles. The van der Waals surface area contributed by atoms with Gasteiger partial charge in [-0.3, -0.25) is 0 Å². The second-order valence-electron chi connectivity index (χ2n) is 8.37. The third kappa shape index (κ3) is 3.97.